The summed E-state index contributed by atoms with van der Waals surface area (Å²) in [6, 6.07) is 0.222. The van der Waals surface area contributed by atoms with Gasteiger partial charge in [-0.15, -0.1) is 0 Å². The van der Waals surface area contributed by atoms with Crippen molar-refractivity contribution < 1.29 is 9.53 Å². The van der Waals surface area contributed by atoms with Crippen molar-refractivity contribution >= 4 is 6.09 Å². The Bertz CT molecular complexity index is 168. The highest BCUT2D eigenvalue weighted by atomic mass is 16.6. The molecule has 12 heavy (non-hydrogen) atoms. The predicted octanol–water partition coefficient (Wildman–Crippen LogP) is 1.92. The van der Waals surface area contributed by atoms with Gasteiger partial charge in [0.1, 0.15) is 6.10 Å². The minimum absolute atomic E-state index is 0.0382. The molecule has 2 atom stereocenters. The Morgan fingerprint density at radius 1 is 1.58 bits per heavy atom. The average Bonchev–Trinajstić information content (AvgIpc) is 2.26. The van der Waals surface area contributed by atoms with Gasteiger partial charge in [0.25, 0.3) is 0 Å². The number of amides is 1. The van der Waals surface area contributed by atoms with Gasteiger partial charge < -0.3 is 10.1 Å². The van der Waals surface area contributed by atoms with Crippen LogP contribution in [0.3, 0.4) is 0 Å². The number of alkyl carbamates (subject to hydrolysis) is 1. The summed E-state index contributed by atoms with van der Waals surface area (Å²) in [7, 11) is 0. The van der Waals surface area contributed by atoms with Gasteiger partial charge in [-0.2, -0.15) is 0 Å². The number of rotatable bonds is 3. The van der Waals surface area contributed by atoms with Gasteiger partial charge in [0.05, 0.1) is 6.04 Å². The van der Waals surface area contributed by atoms with Gasteiger partial charge in [-0.25, -0.2) is 4.79 Å². The zero-order valence-electron chi connectivity index (χ0n) is 7.96. The molecule has 0 unspecified atom stereocenters. The molecular formula is C9H17NO2. The fraction of sp³-hybridized carbons (Fsp3) is 0.889. The number of hydrogen-bond acceptors (Lipinski definition) is 2. The molecule has 0 aromatic heterocycles. The van der Waals surface area contributed by atoms with E-state index in [2.05, 4.69) is 19.2 Å². The standard InChI is InChI=1S/C9H17NO2/c1-6(2)4-5-8-7(3)12-9(11)10-8/h6-8H,4-5H2,1-3H3,(H,10,11)/t7-,8+/m1/s1. The molecule has 0 aromatic rings. The first kappa shape index (κ1) is 9.36. The summed E-state index contributed by atoms with van der Waals surface area (Å²) in [5.74, 6) is 0.690. The van der Waals surface area contributed by atoms with Gasteiger partial charge in [-0.3, -0.25) is 0 Å². The number of ether oxygens (including phenoxy) is 1. The second kappa shape index (κ2) is 3.78. The van der Waals surface area contributed by atoms with Crippen molar-refractivity contribution in [2.24, 2.45) is 5.92 Å². The van der Waals surface area contributed by atoms with Crippen LogP contribution in [0.25, 0.3) is 0 Å². The van der Waals surface area contributed by atoms with Crippen LogP contribution in [0, 0.1) is 5.92 Å². The van der Waals surface area contributed by atoms with E-state index in [1.54, 1.807) is 0 Å². The van der Waals surface area contributed by atoms with Crippen molar-refractivity contribution in [3.63, 3.8) is 0 Å². The minimum Gasteiger partial charge on any atom is -0.444 e. The summed E-state index contributed by atoms with van der Waals surface area (Å²) in [4.78, 5) is 10.8. The topological polar surface area (TPSA) is 38.3 Å². The predicted molar refractivity (Wildman–Crippen MR) is 46.9 cm³/mol. The Kier molecular flexibility index (Phi) is 2.95. The summed E-state index contributed by atoms with van der Waals surface area (Å²) in [6.07, 6.45) is 1.93. The zero-order chi connectivity index (χ0) is 9.14. The molecule has 1 rings (SSSR count). The first-order valence-electron chi connectivity index (χ1n) is 4.56. The third kappa shape index (κ3) is 2.40. The third-order valence-corrected chi connectivity index (χ3v) is 2.22. The SMILES string of the molecule is CC(C)CC[C@@H]1NC(=O)O[C@@H]1C. The summed E-state index contributed by atoms with van der Waals surface area (Å²) in [5.41, 5.74) is 0. The van der Waals surface area contributed by atoms with Crippen LogP contribution in [0.5, 0.6) is 0 Å². The zero-order valence-corrected chi connectivity index (χ0v) is 7.96. The summed E-state index contributed by atoms with van der Waals surface area (Å²) >= 11 is 0. The molecule has 1 fully saturated rings. The molecule has 3 heteroatoms. The normalized spacial score (nSPS) is 28.8. The fourth-order valence-corrected chi connectivity index (χ4v) is 1.37. The van der Waals surface area contributed by atoms with E-state index in [4.69, 9.17) is 4.74 Å². The molecule has 3 nitrogen and oxygen atoms in total. The lowest BCUT2D eigenvalue weighted by Gasteiger charge is -2.13. The molecule has 70 valence electrons. The van der Waals surface area contributed by atoms with Crippen LogP contribution in [0.4, 0.5) is 4.79 Å². The molecule has 0 aliphatic carbocycles. The van der Waals surface area contributed by atoms with E-state index in [1.807, 2.05) is 6.92 Å². The van der Waals surface area contributed by atoms with Crippen LogP contribution in [0.15, 0.2) is 0 Å². The largest absolute Gasteiger partial charge is 0.444 e. The van der Waals surface area contributed by atoms with Crippen LogP contribution in [0.1, 0.15) is 33.6 Å². The highest BCUT2D eigenvalue weighted by molar-refractivity contribution is 5.70. The van der Waals surface area contributed by atoms with Crippen molar-refractivity contribution in [2.75, 3.05) is 0 Å². The number of carbonyl (C=O) groups excluding carboxylic acids is 1. The van der Waals surface area contributed by atoms with Crippen LogP contribution < -0.4 is 5.32 Å². The molecule has 0 saturated carbocycles. The Balaban J connectivity index is 2.28. The Morgan fingerprint density at radius 2 is 2.25 bits per heavy atom. The maximum atomic E-state index is 10.8. The lowest BCUT2D eigenvalue weighted by atomic mass is 10.0. The highest BCUT2D eigenvalue weighted by Crippen LogP contribution is 2.15. The molecule has 0 spiro atoms. The average molecular weight is 171 g/mol. The number of nitrogens with one attached hydrogen (secondary N) is 1. The Morgan fingerprint density at radius 3 is 2.67 bits per heavy atom. The maximum Gasteiger partial charge on any atom is 0.407 e. The third-order valence-electron chi connectivity index (χ3n) is 2.22. The lowest BCUT2D eigenvalue weighted by molar-refractivity contribution is 0.139. The Labute approximate surface area is 73.5 Å². The summed E-state index contributed by atoms with van der Waals surface area (Å²) < 4.78 is 4.96. The molecule has 0 radical (unpaired) electrons. The van der Waals surface area contributed by atoms with E-state index < -0.39 is 0 Å². The van der Waals surface area contributed by atoms with Crippen molar-refractivity contribution in [3.8, 4) is 0 Å². The quantitative estimate of drug-likeness (QED) is 0.704. The van der Waals surface area contributed by atoms with Gasteiger partial charge in [0.2, 0.25) is 0 Å². The fourth-order valence-electron chi connectivity index (χ4n) is 1.37. The van der Waals surface area contributed by atoms with Crippen molar-refractivity contribution in [1.29, 1.82) is 0 Å². The smallest absolute Gasteiger partial charge is 0.407 e. The maximum absolute atomic E-state index is 10.8. The lowest BCUT2D eigenvalue weighted by Crippen LogP contribution is -2.30. The number of cyclic esters (lactones) is 1. The van der Waals surface area contributed by atoms with Gasteiger partial charge in [0.15, 0.2) is 0 Å². The van der Waals surface area contributed by atoms with Gasteiger partial charge in [-0.05, 0) is 25.7 Å². The number of hydrogen-bond donors (Lipinski definition) is 1. The first-order chi connectivity index (χ1) is 5.59. The van der Waals surface area contributed by atoms with E-state index in [0.717, 1.165) is 12.8 Å². The monoisotopic (exact) mass is 171 g/mol. The molecular weight excluding hydrogens is 154 g/mol. The van der Waals surface area contributed by atoms with Gasteiger partial charge >= 0.3 is 6.09 Å². The van der Waals surface area contributed by atoms with Crippen LogP contribution >= 0.6 is 0 Å². The first-order valence-corrected chi connectivity index (χ1v) is 4.56. The van der Waals surface area contributed by atoms with E-state index in [9.17, 15) is 4.79 Å². The van der Waals surface area contributed by atoms with Gasteiger partial charge in [0, 0.05) is 0 Å². The highest BCUT2D eigenvalue weighted by Gasteiger charge is 2.29. The summed E-state index contributed by atoms with van der Waals surface area (Å²) in [6.45, 7) is 6.30. The van der Waals surface area contributed by atoms with Gasteiger partial charge in [-0.1, -0.05) is 13.8 Å². The Hall–Kier alpha value is -0.730. The molecule has 1 aliphatic rings. The van der Waals surface area contributed by atoms with E-state index in [1.165, 1.54) is 0 Å². The van der Waals surface area contributed by atoms with Crippen LogP contribution in [0.2, 0.25) is 0 Å². The van der Waals surface area contributed by atoms with Crippen LogP contribution in [-0.2, 0) is 4.74 Å². The molecule has 1 aliphatic heterocycles. The molecule has 0 aromatic carbocycles. The van der Waals surface area contributed by atoms with Crippen molar-refractivity contribution in [1.82, 2.24) is 5.32 Å². The van der Waals surface area contributed by atoms with Crippen molar-refractivity contribution in [3.05, 3.63) is 0 Å². The van der Waals surface area contributed by atoms with E-state index in [0.29, 0.717) is 5.92 Å². The minimum atomic E-state index is -0.267. The van der Waals surface area contributed by atoms with Crippen LogP contribution in [-0.4, -0.2) is 18.2 Å². The number of carbonyl (C=O) groups is 1. The molecule has 1 amide bonds. The van der Waals surface area contributed by atoms with Crippen molar-refractivity contribution in [2.45, 2.75) is 45.8 Å². The molecule has 0 bridgehead atoms. The second-order valence-corrected chi connectivity index (χ2v) is 3.83. The second-order valence-electron chi connectivity index (χ2n) is 3.83. The van der Waals surface area contributed by atoms with E-state index >= 15 is 0 Å². The molecule has 1 saturated heterocycles. The molecule has 1 N–H and O–H groups in total. The summed E-state index contributed by atoms with van der Waals surface area (Å²) in [5, 5.41) is 2.80. The van der Waals surface area contributed by atoms with E-state index in [-0.39, 0.29) is 18.2 Å². The molecule has 1 heterocycles.